The highest BCUT2D eigenvalue weighted by Crippen LogP contribution is 2.19. The van der Waals surface area contributed by atoms with Crippen LogP contribution in [0, 0.1) is 0 Å². The smallest absolute Gasteiger partial charge is 0.150 e. The second-order valence-electron chi connectivity index (χ2n) is 4.15. The van der Waals surface area contributed by atoms with Crippen LogP contribution in [-0.2, 0) is 0 Å². The molecule has 0 unspecified atom stereocenters. The van der Waals surface area contributed by atoms with Crippen molar-refractivity contribution in [2.24, 2.45) is 0 Å². The van der Waals surface area contributed by atoms with E-state index in [0.29, 0.717) is 0 Å². The van der Waals surface area contributed by atoms with Gasteiger partial charge in [0.15, 0.2) is 0 Å². The second kappa shape index (κ2) is 7.00. The van der Waals surface area contributed by atoms with Crippen molar-refractivity contribution in [2.75, 3.05) is 0 Å². The van der Waals surface area contributed by atoms with Gasteiger partial charge in [-0.15, -0.1) is 0 Å². The van der Waals surface area contributed by atoms with Gasteiger partial charge in [0.25, 0.3) is 0 Å². The molecule has 1 rings (SSSR count). The Morgan fingerprint density at radius 1 is 1.19 bits per heavy atom. The van der Waals surface area contributed by atoms with Crippen molar-refractivity contribution in [2.45, 2.75) is 39.0 Å². The number of unbranched alkanes of at least 4 members (excludes halogenated alkanes) is 3. The summed E-state index contributed by atoms with van der Waals surface area (Å²) in [7, 11) is 0. The minimum atomic E-state index is 0.725. The van der Waals surface area contributed by atoms with Gasteiger partial charge in [-0.25, -0.2) is 0 Å². The molecule has 16 heavy (non-hydrogen) atoms. The summed E-state index contributed by atoms with van der Waals surface area (Å²) < 4.78 is 0. The van der Waals surface area contributed by atoms with Gasteiger partial charge in [-0.3, -0.25) is 4.79 Å². The third-order valence-corrected chi connectivity index (χ3v) is 2.79. The van der Waals surface area contributed by atoms with E-state index in [-0.39, 0.29) is 0 Å². The molecule has 0 N–H and O–H groups in total. The number of aldehydes is 1. The molecule has 0 aliphatic rings. The molecule has 1 aromatic rings. The van der Waals surface area contributed by atoms with Gasteiger partial charge in [-0.2, -0.15) is 0 Å². The van der Waals surface area contributed by atoms with E-state index in [1.807, 2.05) is 24.3 Å². The highest BCUT2D eigenvalue weighted by molar-refractivity contribution is 5.76. The van der Waals surface area contributed by atoms with Crippen LogP contribution >= 0.6 is 0 Å². The number of benzene rings is 1. The van der Waals surface area contributed by atoms with Gasteiger partial charge in [0.1, 0.15) is 6.29 Å². The van der Waals surface area contributed by atoms with Gasteiger partial charge in [0.2, 0.25) is 0 Å². The van der Waals surface area contributed by atoms with Crippen LogP contribution < -0.4 is 0 Å². The summed E-state index contributed by atoms with van der Waals surface area (Å²) in [5, 5.41) is 0. The van der Waals surface area contributed by atoms with Gasteiger partial charge in [-0.1, -0.05) is 57.0 Å². The van der Waals surface area contributed by atoms with Crippen LogP contribution in [0.1, 0.15) is 54.9 Å². The molecule has 0 amide bonds. The van der Waals surface area contributed by atoms with E-state index in [9.17, 15) is 4.79 Å². The van der Waals surface area contributed by atoms with Gasteiger partial charge in [0.05, 0.1) is 0 Å². The minimum Gasteiger partial charge on any atom is -0.298 e. The highest BCUT2D eigenvalue weighted by Gasteiger charge is 1.99. The van der Waals surface area contributed by atoms with Crippen molar-refractivity contribution >= 4 is 11.9 Å². The Morgan fingerprint density at radius 3 is 2.44 bits per heavy atom. The summed E-state index contributed by atoms with van der Waals surface area (Å²) in [5.74, 6) is 0. The van der Waals surface area contributed by atoms with E-state index < -0.39 is 0 Å². The maximum Gasteiger partial charge on any atom is 0.150 e. The normalized spacial score (nSPS) is 10.1. The molecule has 86 valence electrons. The molecule has 0 atom stereocenters. The second-order valence-corrected chi connectivity index (χ2v) is 4.15. The zero-order valence-electron chi connectivity index (χ0n) is 10.0. The van der Waals surface area contributed by atoms with E-state index in [0.717, 1.165) is 23.8 Å². The van der Waals surface area contributed by atoms with Crippen molar-refractivity contribution in [3.8, 4) is 0 Å². The lowest BCUT2D eigenvalue weighted by Crippen LogP contribution is -1.86. The zero-order valence-corrected chi connectivity index (χ0v) is 10.0. The number of carbonyl (C=O) groups is 1. The van der Waals surface area contributed by atoms with Crippen LogP contribution in [0.25, 0.3) is 5.57 Å². The van der Waals surface area contributed by atoms with Crippen LogP contribution in [0.3, 0.4) is 0 Å². The van der Waals surface area contributed by atoms with E-state index in [4.69, 9.17) is 0 Å². The van der Waals surface area contributed by atoms with Gasteiger partial charge in [-0.05, 0) is 24.0 Å². The van der Waals surface area contributed by atoms with Crippen LogP contribution in [-0.4, -0.2) is 6.29 Å². The fourth-order valence-corrected chi connectivity index (χ4v) is 1.71. The number of allylic oxidation sites excluding steroid dienone is 1. The minimum absolute atomic E-state index is 0.725. The molecule has 1 nitrogen and oxygen atoms in total. The molecule has 1 aromatic carbocycles. The summed E-state index contributed by atoms with van der Waals surface area (Å²) >= 11 is 0. The Kier molecular flexibility index (Phi) is 5.55. The van der Waals surface area contributed by atoms with Crippen LogP contribution in [0.15, 0.2) is 30.8 Å². The third kappa shape index (κ3) is 4.01. The van der Waals surface area contributed by atoms with Gasteiger partial charge in [0, 0.05) is 5.56 Å². The summed E-state index contributed by atoms with van der Waals surface area (Å²) in [6.07, 6.45) is 6.98. The standard InChI is InChI=1S/C15H20O/c1-3-4-5-6-7-13(2)15-10-8-14(12-16)9-11-15/h8-12H,2-7H2,1H3. The first-order chi connectivity index (χ1) is 7.77. The van der Waals surface area contributed by atoms with Gasteiger partial charge < -0.3 is 0 Å². The Bertz CT molecular complexity index is 335. The first-order valence-corrected chi connectivity index (χ1v) is 6.01. The fourth-order valence-electron chi connectivity index (χ4n) is 1.71. The lowest BCUT2D eigenvalue weighted by Gasteiger charge is -2.05. The largest absolute Gasteiger partial charge is 0.298 e. The van der Waals surface area contributed by atoms with Crippen molar-refractivity contribution in [1.29, 1.82) is 0 Å². The van der Waals surface area contributed by atoms with E-state index in [1.165, 1.54) is 31.3 Å². The number of hydrogen-bond acceptors (Lipinski definition) is 1. The SMILES string of the molecule is C=C(CCCCCC)c1ccc(C=O)cc1. The third-order valence-electron chi connectivity index (χ3n) is 2.79. The molecule has 0 aliphatic heterocycles. The Hall–Kier alpha value is -1.37. The Labute approximate surface area is 98.2 Å². The van der Waals surface area contributed by atoms with Crippen molar-refractivity contribution in [1.82, 2.24) is 0 Å². The van der Waals surface area contributed by atoms with Crippen molar-refractivity contribution in [3.63, 3.8) is 0 Å². The number of carbonyl (C=O) groups excluding carboxylic acids is 1. The predicted octanol–water partition coefficient (Wildman–Crippen LogP) is 4.48. The highest BCUT2D eigenvalue weighted by atomic mass is 16.1. The molecule has 0 radical (unpaired) electrons. The molecule has 0 saturated heterocycles. The fraction of sp³-hybridized carbons (Fsp3) is 0.400. The summed E-state index contributed by atoms with van der Waals surface area (Å²) in [5.41, 5.74) is 3.05. The molecule has 0 saturated carbocycles. The topological polar surface area (TPSA) is 17.1 Å². The lowest BCUT2D eigenvalue weighted by atomic mass is 10.00. The molecule has 0 fully saturated rings. The molecule has 0 spiro atoms. The molecular weight excluding hydrogens is 196 g/mol. The van der Waals surface area contributed by atoms with Crippen molar-refractivity contribution < 1.29 is 4.79 Å². The number of rotatable bonds is 7. The van der Waals surface area contributed by atoms with E-state index in [1.54, 1.807) is 0 Å². The van der Waals surface area contributed by atoms with Crippen molar-refractivity contribution in [3.05, 3.63) is 42.0 Å². The van der Waals surface area contributed by atoms with E-state index >= 15 is 0 Å². The molecule has 0 bridgehead atoms. The number of hydrogen-bond donors (Lipinski definition) is 0. The summed E-state index contributed by atoms with van der Waals surface area (Å²) in [6.45, 7) is 6.30. The lowest BCUT2D eigenvalue weighted by molar-refractivity contribution is 0.112. The molecule has 0 heterocycles. The molecule has 0 aliphatic carbocycles. The first-order valence-electron chi connectivity index (χ1n) is 6.01. The van der Waals surface area contributed by atoms with Crippen LogP contribution in [0.4, 0.5) is 0 Å². The Morgan fingerprint density at radius 2 is 1.88 bits per heavy atom. The molecule has 0 aromatic heterocycles. The van der Waals surface area contributed by atoms with Crippen LogP contribution in [0.2, 0.25) is 0 Å². The molecule has 1 heteroatoms. The summed E-state index contributed by atoms with van der Waals surface area (Å²) in [6, 6.07) is 7.65. The summed E-state index contributed by atoms with van der Waals surface area (Å²) in [4.78, 5) is 10.5. The van der Waals surface area contributed by atoms with E-state index in [2.05, 4.69) is 13.5 Å². The maximum absolute atomic E-state index is 10.5. The quantitative estimate of drug-likeness (QED) is 0.485. The van der Waals surface area contributed by atoms with Crippen LogP contribution in [0.5, 0.6) is 0 Å². The maximum atomic E-state index is 10.5. The zero-order chi connectivity index (χ0) is 11.8. The average molecular weight is 216 g/mol. The predicted molar refractivity (Wildman–Crippen MR) is 69.6 cm³/mol. The molecular formula is C15H20O. The van der Waals surface area contributed by atoms with Gasteiger partial charge >= 0.3 is 0 Å². The Balaban J connectivity index is 2.43. The monoisotopic (exact) mass is 216 g/mol. The average Bonchev–Trinajstić information content (AvgIpc) is 2.34. The first kappa shape index (κ1) is 12.7.